The number of rotatable bonds is 5. The van der Waals surface area contributed by atoms with E-state index < -0.39 is 12.2 Å². The number of benzene rings is 2. The Morgan fingerprint density at radius 2 is 1.87 bits per heavy atom. The average Bonchev–Trinajstić information content (AvgIpc) is 3.03. The molecular formula is C18H17NO3S. The molecule has 118 valence electrons. The predicted molar refractivity (Wildman–Crippen MR) is 91.4 cm³/mol. The number of fused-ring (bicyclic) bond motifs is 1. The molecule has 3 rings (SSSR count). The summed E-state index contributed by atoms with van der Waals surface area (Å²) in [6.07, 6.45) is -1.27. The summed E-state index contributed by atoms with van der Waals surface area (Å²) in [5.74, 6) is 0. The van der Waals surface area contributed by atoms with Crippen LogP contribution in [-0.4, -0.2) is 17.7 Å². The molecule has 1 atom stereocenters. The summed E-state index contributed by atoms with van der Waals surface area (Å²) in [4.78, 5) is 12.5. The monoisotopic (exact) mass is 327 g/mol. The molecule has 0 bridgehead atoms. The van der Waals surface area contributed by atoms with Crippen molar-refractivity contribution in [2.75, 3.05) is 6.54 Å². The molecule has 0 aliphatic rings. The maximum Gasteiger partial charge on any atom is 0.407 e. The number of carbonyl (C=O) groups is 1. The van der Waals surface area contributed by atoms with Crippen LogP contribution in [0.4, 0.5) is 4.79 Å². The summed E-state index contributed by atoms with van der Waals surface area (Å²) in [7, 11) is 0. The molecule has 0 aliphatic heterocycles. The molecule has 2 N–H and O–H groups in total. The molecule has 0 fully saturated rings. The van der Waals surface area contributed by atoms with E-state index in [9.17, 15) is 9.90 Å². The van der Waals surface area contributed by atoms with Gasteiger partial charge >= 0.3 is 6.09 Å². The second-order valence-electron chi connectivity index (χ2n) is 5.15. The summed E-state index contributed by atoms with van der Waals surface area (Å²) in [6.45, 7) is 0.339. The Labute approximate surface area is 138 Å². The average molecular weight is 327 g/mol. The van der Waals surface area contributed by atoms with Gasteiger partial charge in [0.1, 0.15) is 12.7 Å². The molecule has 1 amide bonds. The van der Waals surface area contributed by atoms with Crippen LogP contribution >= 0.6 is 11.3 Å². The van der Waals surface area contributed by atoms with Crippen molar-refractivity contribution in [2.24, 2.45) is 0 Å². The fourth-order valence-corrected chi connectivity index (χ4v) is 3.27. The highest BCUT2D eigenvalue weighted by molar-refractivity contribution is 7.19. The maximum absolute atomic E-state index is 11.7. The zero-order chi connectivity index (χ0) is 16.1. The first-order chi connectivity index (χ1) is 11.2. The van der Waals surface area contributed by atoms with E-state index in [1.807, 2.05) is 60.7 Å². The second-order valence-corrected chi connectivity index (χ2v) is 6.26. The van der Waals surface area contributed by atoms with Crippen molar-refractivity contribution in [3.63, 3.8) is 0 Å². The molecule has 4 nitrogen and oxygen atoms in total. The van der Waals surface area contributed by atoms with Crippen molar-refractivity contribution < 1.29 is 14.6 Å². The second kappa shape index (κ2) is 7.26. The number of carbonyl (C=O) groups excluding carboxylic acids is 1. The third-order valence-electron chi connectivity index (χ3n) is 3.43. The molecule has 23 heavy (non-hydrogen) atoms. The van der Waals surface area contributed by atoms with Gasteiger partial charge in [0, 0.05) is 9.58 Å². The number of nitrogens with one attached hydrogen (secondary N) is 1. The molecule has 5 heteroatoms. The zero-order valence-corrected chi connectivity index (χ0v) is 13.3. The number of alkyl carbamates (subject to hydrolysis) is 1. The van der Waals surface area contributed by atoms with Crippen LogP contribution in [0.1, 0.15) is 16.5 Å². The lowest BCUT2D eigenvalue weighted by molar-refractivity contribution is 0.126. The van der Waals surface area contributed by atoms with Crippen LogP contribution in [0.15, 0.2) is 60.7 Å². The van der Waals surface area contributed by atoms with Crippen LogP contribution < -0.4 is 5.32 Å². The lowest BCUT2D eigenvalue weighted by Gasteiger charge is -2.10. The van der Waals surface area contributed by atoms with Crippen LogP contribution in [0.5, 0.6) is 0 Å². The number of ether oxygens (including phenoxy) is 1. The van der Waals surface area contributed by atoms with E-state index in [-0.39, 0.29) is 13.2 Å². The minimum atomic E-state index is -0.739. The normalized spacial score (nSPS) is 12.0. The van der Waals surface area contributed by atoms with E-state index in [1.165, 1.54) is 11.3 Å². The van der Waals surface area contributed by atoms with Gasteiger partial charge in [-0.2, -0.15) is 0 Å². The van der Waals surface area contributed by atoms with Gasteiger partial charge < -0.3 is 15.2 Å². The molecule has 0 spiro atoms. The molecule has 0 saturated carbocycles. The highest BCUT2D eigenvalue weighted by Gasteiger charge is 2.13. The number of amides is 1. The molecule has 3 aromatic rings. The molecule has 1 heterocycles. The predicted octanol–water partition coefficient (Wildman–Crippen LogP) is 3.86. The summed E-state index contributed by atoms with van der Waals surface area (Å²) in [5, 5.41) is 13.9. The quantitative estimate of drug-likeness (QED) is 0.748. The van der Waals surface area contributed by atoms with E-state index in [1.54, 1.807) is 0 Å². The number of thiophene rings is 1. The minimum Gasteiger partial charge on any atom is -0.445 e. The van der Waals surface area contributed by atoms with Crippen LogP contribution in [0.25, 0.3) is 10.1 Å². The minimum absolute atomic E-state index is 0.125. The topological polar surface area (TPSA) is 58.6 Å². The third-order valence-corrected chi connectivity index (χ3v) is 4.64. The number of hydrogen-bond acceptors (Lipinski definition) is 4. The largest absolute Gasteiger partial charge is 0.445 e. The highest BCUT2D eigenvalue weighted by Crippen LogP contribution is 2.29. The van der Waals surface area contributed by atoms with Crippen LogP contribution in [0.2, 0.25) is 0 Å². The molecule has 0 radical (unpaired) electrons. The lowest BCUT2D eigenvalue weighted by atomic mass is 10.2. The van der Waals surface area contributed by atoms with Gasteiger partial charge in [0.2, 0.25) is 0 Å². The fourth-order valence-electron chi connectivity index (χ4n) is 2.22. The molecular weight excluding hydrogens is 310 g/mol. The van der Waals surface area contributed by atoms with E-state index in [2.05, 4.69) is 5.32 Å². The van der Waals surface area contributed by atoms with Gasteiger partial charge in [-0.25, -0.2) is 4.79 Å². The molecule has 0 saturated heterocycles. The molecule has 1 aromatic heterocycles. The Morgan fingerprint density at radius 3 is 2.65 bits per heavy atom. The Kier molecular flexibility index (Phi) is 4.90. The Hall–Kier alpha value is -2.37. The van der Waals surface area contributed by atoms with Gasteiger partial charge in [0.25, 0.3) is 0 Å². The fraction of sp³-hybridized carbons (Fsp3) is 0.167. The summed E-state index contributed by atoms with van der Waals surface area (Å²) >= 11 is 1.53. The Morgan fingerprint density at radius 1 is 1.13 bits per heavy atom. The summed E-state index contributed by atoms with van der Waals surface area (Å²) in [6, 6.07) is 19.4. The standard InChI is InChI=1S/C18H17NO3S/c20-15(17-10-14-8-4-5-9-16(14)23-17)11-19-18(21)22-12-13-6-2-1-3-7-13/h1-10,15,20H,11-12H2,(H,19,21)/t15-/m0/s1. The number of hydrogen-bond donors (Lipinski definition) is 2. The third kappa shape index (κ3) is 4.09. The van der Waals surface area contributed by atoms with Crippen molar-refractivity contribution in [1.29, 1.82) is 0 Å². The van der Waals surface area contributed by atoms with E-state index >= 15 is 0 Å². The zero-order valence-electron chi connectivity index (χ0n) is 12.4. The van der Waals surface area contributed by atoms with Gasteiger partial charge in [0.05, 0.1) is 6.54 Å². The van der Waals surface area contributed by atoms with Crippen molar-refractivity contribution >= 4 is 27.5 Å². The van der Waals surface area contributed by atoms with Crippen molar-refractivity contribution in [1.82, 2.24) is 5.32 Å². The van der Waals surface area contributed by atoms with Gasteiger partial charge in [-0.05, 0) is 23.1 Å². The SMILES string of the molecule is O=C(NC[C@H](O)c1cc2ccccc2s1)OCc1ccccc1. The first-order valence-corrected chi connectivity index (χ1v) is 8.15. The smallest absolute Gasteiger partial charge is 0.407 e. The van der Waals surface area contributed by atoms with Gasteiger partial charge in [-0.1, -0.05) is 48.5 Å². The summed E-state index contributed by atoms with van der Waals surface area (Å²) in [5.41, 5.74) is 0.924. The van der Waals surface area contributed by atoms with Crippen LogP contribution in [0, 0.1) is 0 Å². The first-order valence-electron chi connectivity index (χ1n) is 7.33. The van der Waals surface area contributed by atoms with Crippen LogP contribution in [0.3, 0.4) is 0 Å². The van der Waals surface area contributed by atoms with E-state index in [0.29, 0.717) is 0 Å². The van der Waals surface area contributed by atoms with Gasteiger partial charge in [-0.3, -0.25) is 0 Å². The molecule has 0 aliphatic carbocycles. The van der Waals surface area contributed by atoms with Gasteiger partial charge in [0.15, 0.2) is 0 Å². The maximum atomic E-state index is 11.7. The van der Waals surface area contributed by atoms with Gasteiger partial charge in [-0.15, -0.1) is 11.3 Å². The Bertz CT molecular complexity index is 752. The van der Waals surface area contributed by atoms with Crippen LogP contribution in [-0.2, 0) is 11.3 Å². The Balaban J connectivity index is 1.50. The van der Waals surface area contributed by atoms with E-state index in [4.69, 9.17) is 4.74 Å². The first kappa shape index (κ1) is 15.5. The van der Waals surface area contributed by atoms with E-state index in [0.717, 1.165) is 20.5 Å². The van der Waals surface area contributed by atoms with Crippen molar-refractivity contribution in [3.8, 4) is 0 Å². The lowest BCUT2D eigenvalue weighted by Crippen LogP contribution is -2.28. The molecule has 2 aromatic carbocycles. The number of aliphatic hydroxyl groups is 1. The molecule has 0 unspecified atom stereocenters. The van der Waals surface area contributed by atoms with Crippen molar-refractivity contribution in [3.05, 3.63) is 71.1 Å². The summed E-state index contributed by atoms with van der Waals surface area (Å²) < 4.78 is 6.23. The highest BCUT2D eigenvalue weighted by atomic mass is 32.1. The van der Waals surface area contributed by atoms with Crippen molar-refractivity contribution in [2.45, 2.75) is 12.7 Å². The number of aliphatic hydroxyl groups excluding tert-OH is 1.